The van der Waals surface area contributed by atoms with E-state index in [2.05, 4.69) is 6.58 Å². The number of ether oxygens (including phenoxy) is 3. The second-order valence-corrected chi connectivity index (χ2v) is 4.89. The predicted molar refractivity (Wildman–Crippen MR) is 62.5 cm³/mol. The average Bonchev–Trinajstić information content (AvgIpc) is 2.27. The molecule has 0 aromatic carbocycles. The first-order valence-electron chi connectivity index (χ1n) is 6.25. The Morgan fingerprint density at radius 3 is 2.88 bits per heavy atom. The van der Waals surface area contributed by atoms with Crippen LogP contribution in [0, 0.1) is 0 Å². The van der Waals surface area contributed by atoms with Crippen molar-refractivity contribution >= 4 is 0 Å². The maximum Gasteiger partial charge on any atom is 0.102 e. The molecule has 0 bridgehead atoms. The van der Waals surface area contributed by atoms with E-state index in [1.807, 2.05) is 19.9 Å². The topological polar surface area (TPSA) is 27.7 Å². The first-order valence-corrected chi connectivity index (χ1v) is 6.25. The molecule has 16 heavy (non-hydrogen) atoms. The lowest BCUT2D eigenvalue weighted by Crippen LogP contribution is -2.50. The predicted octanol–water partition coefficient (Wildman–Crippen LogP) is 2.30. The summed E-state index contributed by atoms with van der Waals surface area (Å²) in [5.41, 5.74) is 0. The molecule has 0 aromatic rings. The summed E-state index contributed by atoms with van der Waals surface area (Å²) < 4.78 is 17.6. The third kappa shape index (κ3) is 2.65. The molecule has 0 spiro atoms. The van der Waals surface area contributed by atoms with E-state index in [0.717, 1.165) is 25.9 Å². The minimum atomic E-state index is 0.0188. The zero-order valence-electron chi connectivity index (χ0n) is 10.2. The summed E-state index contributed by atoms with van der Waals surface area (Å²) in [7, 11) is 0. The molecule has 0 aromatic heterocycles. The Morgan fingerprint density at radius 2 is 2.19 bits per heavy atom. The molecular weight excluding hydrogens is 204 g/mol. The van der Waals surface area contributed by atoms with Crippen LogP contribution in [0.4, 0.5) is 0 Å². The summed E-state index contributed by atoms with van der Waals surface area (Å²) in [6.45, 7) is 8.79. The Kier molecular flexibility index (Phi) is 4.00. The summed E-state index contributed by atoms with van der Waals surface area (Å²) in [5.74, 6) is 0. The monoisotopic (exact) mass is 226 g/mol. The van der Waals surface area contributed by atoms with Crippen molar-refractivity contribution in [2.45, 2.75) is 63.6 Å². The van der Waals surface area contributed by atoms with Crippen LogP contribution in [0.15, 0.2) is 12.7 Å². The van der Waals surface area contributed by atoms with Crippen LogP contribution in [0.3, 0.4) is 0 Å². The van der Waals surface area contributed by atoms with Crippen molar-refractivity contribution < 1.29 is 14.2 Å². The van der Waals surface area contributed by atoms with Crippen molar-refractivity contribution in [2.75, 3.05) is 6.61 Å². The van der Waals surface area contributed by atoms with E-state index in [9.17, 15) is 0 Å². The molecule has 2 aliphatic heterocycles. The molecule has 2 aliphatic rings. The van der Waals surface area contributed by atoms with E-state index in [-0.39, 0.29) is 30.5 Å². The average molecular weight is 226 g/mol. The van der Waals surface area contributed by atoms with E-state index in [4.69, 9.17) is 14.2 Å². The van der Waals surface area contributed by atoms with Gasteiger partial charge in [0, 0.05) is 13.0 Å². The van der Waals surface area contributed by atoms with Crippen LogP contribution in [-0.2, 0) is 14.2 Å². The van der Waals surface area contributed by atoms with E-state index in [1.54, 1.807) is 0 Å². The van der Waals surface area contributed by atoms with Crippen LogP contribution >= 0.6 is 0 Å². The highest BCUT2D eigenvalue weighted by Crippen LogP contribution is 2.31. The first-order chi connectivity index (χ1) is 7.70. The van der Waals surface area contributed by atoms with Gasteiger partial charge in [0.15, 0.2) is 0 Å². The lowest BCUT2D eigenvalue weighted by Gasteiger charge is -2.43. The fraction of sp³-hybridized carbons (Fsp3) is 0.846. The van der Waals surface area contributed by atoms with Gasteiger partial charge in [-0.15, -0.1) is 6.58 Å². The first kappa shape index (κ1) is 12.1. The fourth-order valence-corrected chi connectivity index (χ4v) is 2.53. The van der Waals surface area contributed by atoms with Crippen LogP contribution in [0.2, 0.25) is 0 Å². The van der Waals surface area contributed by atoms with Crippen LogP contribution in [0.5, 0.6) is 0 Å². The van der Waals surface area contributed by atoms with Gasteiger partial charge in [0.25, 0.3) is 0 Å². The van der Waals surface area contributed by atoms with Gasteiger partial charge < -0.3 is 14.2 Å². The minimum absolute atomic E-state index is 0.0188. The molecule has 3 heteroatoms. The van der Waals surface area contributed by atoms with Gasteiger partial charge >= 0.3 is 0 Å². The second-order valence-electron chi connectivity index (χ2n) is 4.89. The maximum atomic E-state index is 5.98. The van der Waals surface area contributed by atoms with Crippen LogP contribution < -0.4 is 0 Å². The second kappa shape index (κ2) is 5.30. The van der Waals surface area contributed by atoms with E-state index in [0.29, 0.717) is 0 Å². The van der Waals surface area contributed by atoms with Crippen molar-refractivity contribution in [1.82, 2.24) is 0 Å². The Bertz CT molecular complexity index is 239. The maximum absolute atomic E-state index is 5.98. The third-order valence-corrected chi connectivity index (χ3v) is 3.22. The van der Waals surface area contributed by atoms with Crippen LogP contribution in [0.25, 0.3) is 0 Å². The van der Waals surface area contributed by atoms with Gasteiger partial charge in [0.1, 0.15) is 6.10 Å². The molecule has 0 amide bonds. The third-order valence-electron chi connectivity index (χ3n) is 3.22. The van der Waals surface area contributed by atoms with E-state index in [1.165, 1.54) is 0 Å². The molecule has 0 saturated carbocycles. The molecule has 2 fully saturated rings. The molecule has 3 nitrogen and oxygen atoms in total. The highest BCUT2D eigenvalue weighted by atomic mass is 16.6. The molecule has 0 radical (unpaired) electrons. The Balaban J connectivity index is 1.99. The van der Waals surface area contributed by atoms with Gasteiger partial charge in [-0.1, -0.05) is 6.08 Å². The molecular formula is C13H22O3. The number of hydrogen-bond acceptors (Lipinski definition) is 3. The van der Waals surface area contributed by atoms with Gasteiger partial charge in [0.05, 0.1) is 24.4 Å². The van der Waals surface area contributed by atoms with Crippen LogP contribution in [0.1, 0.15) is 33.1 Å². The van der Waals surface area contributed by atoms with Crippen molar-refractivity contribution in [3.63, 3.8) is 0 Å². The molecule has 0 unspecified atom stereocenters. The Labute approximate surface area is 97.8 Å². The summed E-state index contributed by atoms with van der Waals surface area (Å²) in [6, 6.07) is 0. The summed E-state index contributed by atoms with van der Waals surface area (Å²) in [5, 5.41) is 0. The standard InChI is InChI=1S/C13H22O3/c1-4-10-13(15-9(2)3)8-12-11(16-10)6-5-7-14-12/h4,9-13H,1,5-8H2,2-3H3/t10-,11+,12-,13-/m1/s1. The largest absolute Gasteiger partial charge is 0.375 e. The van der Waals surface area contributed by atoms with Gasteiger partial charge in [-0.25, -0.2) is 0 Å². The lowest BCUT2D eigenvalue weighted by atomic mass is 9.93. The minimum Gasteiger partial charge on any atom is -0.375 e. The molecule has 2 rings (SSSR count). The van der Waals surface area contributed by atoms with E-state index < -0.39 is 0 Å². The molecule has 0 N–H and O–H groups in total. The molecule has 0 aliphatic carbocycles. The summed E-state index contributed by atoms with van der Waals surface area (Å²) in [6.07, 6.45) is 5.78. The quantitative estimate of drug-likeness (QED) is 0.691. The number of rotatable bonds is 3. The summed E-state index contributed by atoms with van der Waals surface area (Å²) >= 11 is 0. The molecule has 92 valence electrons. The van der Waals surface area contributed by atoms with Crippen molar-refractivity contribution in [3.8, 4) is 0 Å². The van der Waals surface area contributed by atoms with Crippen molar-refractivity contribution in [1.29, 1.82) is 0 Å². The zero-order valence-corrected chi connectivity index (χ0v) is 10.2. The fourth-order valence-electron chi connectivity index (χ4n) is 2.53. The zero-order chi connectivity index (χ0) is 11.5. The highest BCUT2D eigenvalue weighted by Gasteiger charge is 2.39. The number of fused-ring (bicyclic) bond motifs is 1. The summed E-state index contributed by atoms with van der Waals surface area (Å²) in [4.78, 5) is 0. The van der Waals surface area contributed by atoms with Gasteiger partial charge in [-0.2, -0.15) is 0 Å². The highest BCUT2D eigenvalue weighted by molar-refractivity contribution is 4.96. The Morgan fingerprint density at radius 1 is 1.38 bits per heavy atom. The van der Waals surface area contributed by atoms with Gasteiger partial charge in [-0.05, 0) is 26.7 Å². The normalized spacial score (nSPS) is 39.4. The number of hydrogen-bond donors (Lipinski definition) is 0. The van der Waals surface area contributed by atoms with Crippen molar-refractivity contribution in [2.24, 2.45) is 0 Å². The lowest BCUT2D eigenvalue weighted by molar-refractivity contribution is -0.206. The van der Waals surface area contributed by atoms with Gasteiger partial charge in [0.2, 0.25) is 0 Å². The van der Waals surface area contributed by atoms with E-state index >= 15 is 0 Å². The molecule has 2 heterocycles. The van der Waals surface area contributed by atoms with Gasteiger partial charge in [-0.3, -0.25) is 0 Å². The van der Waals surface area contributed by atoms with Crippen LogP contribution in [-0.4, -0.2) is 37.1 Å². The SMILES string of the molecule is C=C[C@H]1O[C@H]2CCCO[C@@H]2C[C@H]1OC(C)C. The van der Waals surface area contributed by atoms with Crippen molar-refractivity contribution in [3.05, 3.63) is 12.7 Å². The smallest absolute Gasteiger partial charge is 0.102 e. The Hall–Kier alpha value is -0.380. The molecule has 2 saturated heterocycles. The molecule has 4 atom stereocenters.